The van der Waals surface area contributed by atoms with Gasteiger partial charge < -0.3 is 10.2 Å². The van der Waals surface area contributed by atoms with Crippen LogP contribution in [0.1, 0.15) is 27.2 Å². The maximum absolute atomic E-state index is 13.6. The van der Waals surface area contributed by atoms with E-state index in [1.54, 1.807) is 17.0 Å². The van der Waals surface area contributed by atoms with E-state index in [1.807, 2.05) is 20.8 Å². The van der Waals surface area contributed by atoms with Crippen LogP contribution >= 0.6 is 11.8 Å². The maximum atomic E-state index is 13.6. The quantitative estimate of drug-likeness (QED) is 0.929. The molecule has 1 unspecified atom stereocenters. The van der Waals surface area contributed by atoms with Crippen molar-refractivity contribution in [3.8, 4) is 0 Å². The largest absolute Gasteiger partial charge is 0.322 e. The molecular formula is C16H21FN2O2S. The molecule has 1 aromatic rings. The van der Waals surface area contributed by atoms with Gasteiger partial charge in [0.2, 0.25) is 11.8 Å². The molecule has 1 aromatic carbocycles. The fourth-order valence-corrected chi connectivity index (χ4v) is 3.42. The van der Waals surface area contributed by atoms with Gasteiger partial charge in [0, 0.05) is 12.2 Å². The zero-order valence-corrected chi connectivity index (χ0v) is 13.9. The summed E-state index contributed by atoms with van der Waals surface area (Å²) in [4.78, 5) is 26.3. The molecule has 1 aliphatic rings. The summed E-state index contributed by atoms with van der Waals surface area (Å²) in [5.41, 5.74) is 0.0179. The lowest BCUT2D eigenvalue weighted by atomic mass is 9.91. The average Bonchev–Trinajstić information content (AvgIpc) is 2.89. The SMILES string of the molecule is CC(C)(C)CC(=O)N1CSCC1C(=O)Nc1ccccc1F. The van der Waals surface area contributed by atoms with Gasteiger partial charge in [-0.1, -0.05) is 32.9 Å². The van der Waals surface area contributed by atoms with E-state index in [2.05, 4.69) is 5.32 Å². The molecule has 0 bridgehead atoms. The van der Waals surface area contributed by atoms with Crippen LogP contribution in [0, 0.1) is 11.2 Å². The minimum Gasteiger partial charge on any atom is -0.322 e. The average molecular weight is 324 g/mol. The Hall–Kier alpha value is -1.56. The molecule has 1 atom stereocenters. The second-order valence-corrected chi connectivity index (χ2v) is 7.59. The number of thioether (sulfide) groups is 1. The number of halogens is 1. The van der Waals surface area contributed by atoms with E-state index in [1.165, 1.54) is 23.9 Å². The van der Waals surface area contributed by atoms with Gasteiger partial charge in [0.25, 0.3) is 0 Å². The Labute approximate surface area is 134 Å². The van der Waals surface area contributed by atoms with Crippen molar-refractivity contribution >= 4 is 29.3 Å². The van der Waals surface area contributed by atoms with E-state index < -0.39 is 11.9 Å². The number of nitrogens with one attached hydrogen (secondary N) is 1. The summed E-state index contributed by atoms with van der Waals surface area (Å²) in [6.07, 6.45) is 0.386. The number of para-hydroxylation sites is 1. The summed E-state index contributed by atoms with van der Waals surface area (Å²) in [5.74, 6) is 0.193. The first-order valence-electron chi connectivity index (χ1n) is 7.20. The van der Waals surface area contributed by atoms with Crippen LogP contribution in [0.15, 0.2) is 24.3 Å². The number of hydrogen-bond donors (Lipinski definition) is 1. The van der Waals surface area contributed by atoms with Crippen LogP contribution in [0.5, 0.6) is 0 Å². The summed E-state index contributed by atoms with van der Waals surface area (Å²) in [5, 5.41) is 2.58. The zero-order valence-electron chi connectivity index (χ0n) is 13.1. The molecule has 1 saturated heterocycles. The molecular weight excluding hydrogens is 303 g/mol. The number of hydrogen-bond acceptors (Lipinski definition) is 3. The number of rotatable bonds is 3. The number of anilines is 1. The number of carbonyl (C=O) groups is 2. The Morgan fingerprint density at radius 1 is 1.36 bits per heavy atom. The first-order chi connectivity index (χ1) is 10.3. The molecule has 2 rings (SSSR count). The first kappa shape index (κ1) is 16.8. The lowest BCUT2D eigenvalue weighted by Gasteiger charge is -2.26. The standard InChI is InChI=1S/C16H21FN2O2S/c1-16(2,3)8-14(20)19-10-22-9-13(19)15(21)18-12-7-5-4-6-11(12)17/h4-7,13H,8-10H2,1-3H3,(H,18,21). The van der Waals surface area contributed by atoms with Gasteiger partial charge in [-0.05, 0) is 17.5 Å². The molecule has 4 nitrogen and oxygen atoms in total. The lowest BCUT2D eigenvalue weighted by molar-refractivity contribution is -0.137. The molecule has 2 amide bonds. The van der Waals surface area contributed by atoms with E-state index in [0.29, 0.717) is 18.1 Å². The molecule has 1 fully saturated rings. The normalized spacial score (nSPS) is 18.4. The van der Waals surface area contributed by atoms with Crippen molar-refractivity contribution in [3.05, 3.63) is 30.1 Å². The van der Waals surface area contributed by atoms with Gasteiger partial charge in [-0.2, -0.15) is 0 Å². The minimum absolute atomic E-state index is 0.0359. The highest BCUT2D eigenvalue weighted by Gasteiger charge is 2.36. The Morgan fingerprint density at radius 2 is 2.05 bits per heavy atom. The summed E-state index contributed by atoms with van der Waals surface area (Å²) in [6, 6.07) is 5.48. The van der Waals surface area contributed by atoms with Gasteiger partial charge in [-0.3, -0.25) is 9.59 Å². The molecule has 1 N–H and O–H groups in total. The van der Waals surface area contributed by atoms with Gasteiger partial charge in [-0.25, -0.2) is 4.39 Å². The minimum atomic E-state index is -0.542. The van der Waals surface area contributed by atoms with Gasteiger partial charge in [0.05, 0.1) is 11.6 Å². The molecule has 0 spiro atoms. The highest BCUT2D eigenvalue weighted by atomic mass is 32.2. The lowest BCUT2D eigenvalue weighted by Crippen LogP contribution is -2.45. The molecule has 0 saturated carbocycles. The zero-order chi connectivity index (χ0) is 16.3. The predicted octanol–water partition coefficient (Wildman–Crippen LogP) is 3.10. The Kier molecular flexibility index (Phi) is 5.11. The molecule has 1 aliphatic heterocycles. The molecule has 0 radical (unpaired) electrons. The third-order valence-corrected chi connectivity index (χ3v) is 4.33. The molecule has 0 aliphatic carbocycles. The van der Waals surface area contributed by atoms with Crippen molar-refractivity contribution in [2.24, 2.45) is 5.41 Å². The van der Waals surface area contributed by atoms with Gasteiger partial charge in [0.1, 0.15) is 11.9 Å². The third kappa shape index (κ3) is 4.22. The maximum Gasteiger partial charge on any atom is 0.248 e. The number of amides is 2. The second-order valence-electron chi connectivity index (χ2n) is 6.59. The van der Waals surface area contributed by atoms with Crippen LogP contribution in [0.25, 0.3) is 0 Å². The number of carbonyl (C=O) groups excluding carboxylic acids is 2. The van der Waals surface area contributed by atoms with Crippen LogP contribution in [0.2, 0.25) is 0 Å². The van der Waals surface area contributed by atoms with Crippen molar-refractivity contribution in [2.75, 3.05) is 16.9 Å². The van der Waals surface area contributed by atoms with Crippen molar-refractivity contribution in [1.29, 1.82) is 0 Å². The van der Waals surface area contributed by atoms with Gasteiger partial charge in [-0.15, -0.1) is 11.8 Å². The topological polar surface area (TPSA) is 49.4 Å². The molecule has 6 heteroatoms. The summed E-state index contributed by atoms with van der Waals surface area (Å²) in [7, 11) is 0. The third-order valence-electron chi connectivity index (χ3n) is 3.32. The van der Waals surface area contributed by atoms with Crippen molar-refractivity contribution in [1.82, 2.24) is 4.90 Å². The van der Waals surface area contributed by atoms with E-state index in [0.717, 1.165) is 0 Å². The van der Waals surface area contributed by atoms with Crippen molar-refractivity contribution < 1.29 is 14.0 Å². The van der Waals surface area contributed by atoms with Crippen LogP contribution in [-0.2, 0) is 9.59 Å². The van der Waals surface area contributed by atoms with Crippen molar-refractivity contribution in [3.63, 3.8) is 0 Å². The highest BCUT2D eigenvalue weighted by molar-refractivity contribution is 7.99. The monoisotopic (exact) mass is 324 g/mol. The molecule has 1 heterocycles. The number of nitrogens with zero attached hydrogens (tertiary/aromatic N) is 1. The molecule has 22 heavy (non-hydrogen) atoms. The predicted molar refractivity (Wildman–Crippen MR) is 87.1 cm³/mol. The van der Waals surface area contributed by atoms with Gasteiger partial charge in [0.15, 0.2) is 0 Å². The van der Waals surface area contributed by atoms with Crippen LogP contribution in [-0.4, -0.2) is 34.4 Å². The van der Waals surface area contributed by atoms with Gasteiger partial charge >= 0.3 is 0 Å². The number of benzene rings is 1. The summed E-state index contributed by atoms with van der Waals surface area (Å²) >= 11 is 1.54. The first-order valence-corrected chi connectivity index (χ1v) is 8.36. The fraction of sp³-hybridized carbons (Fsp3) is 0.500. The molecule has 120 valence electrons. The summed E-state index contributed by atoms with van der Waals surface area (Å²) in [6.45, 7) is 5.97. The molecule has 0 aromatic heterocycles. The van der Waals surface area contributed by atoms with Crippen LogP contribution in [0.4, 0.5) is 10.1 Å². The smallest absolute Gasteiger partial charge is 0.248 e. The van der Waals surface area contributed by atoms with E-state index >= 15 is 0 Å². The Bertz CT molecular complexity index is 572. The van der Waals surface area contributed by atoms with E-state index in [-0.39, 0.29) is 22.9 Å². The van der Waals surface area contributed by atoms with E-state index in [9.17, 15) is 14.0 Å². The fourth-order valence-electron chi connectivity index (χ4n) is 2.24. The second kappa shape index (κ2) is 6.69. The summed E-state index contributed by atoms with van der Waals surface area (Å²) < 4.78 is 13.6. The highest BCUT2D eigenvalue weighted by Crippen LogP contribution is 2.27. The van der Waals surface area contributed by atoms with Crippen molar-refractivity contribution in [2.45, 2.75) is 33.2 Å². The van der Waals surface area contributed by atoms with Crippen LogP contribution < -0.4 is 5.32 Å². The Morgan fingerprint density at radius 3 is 2.68 bits per heavy atom. The Balaban J connectivity index is 2.05. The van der Waals surface area contributed by atoms with E-state index in [4.69, 9.17) is 0 Å². The van der Waals surface area contributed by atoms with Crippen LogP contribution in [0.3, 0.4) is 0 Å².